The third-order valence-electron chi connectivity index (χ3n) is 14.3. The lowest BCUT2D eigenvalue weighted by molar-refractivity contribution is -0.138. The lowest BCUT2D eigenvalue weighted by atomic mass is 10.0. The van der Waals surface area contributed by atoms with Gasteiger partial charge in [-0.3, -0.25) is 0 Å². The minimum atomic E-state index is -0.496. The zero-order chi connectivity index (χ0) is 52.4. The topological polar surface area (TPSA) is 71.8 Å². The standard InChI is InChI=1S/C64H76N2O4S5/c1-6-9-12-15-18-20-23-26-52-56(43-46(44-65)64(67)70-42-25-22-17-14-11-8-3)72-60-58(52)74-63-61-59(75-62(60)63)53(27-24-21-19-16-13-10-7-2)57(73-61)55-41-40-54(71-55)45-28-30-47(31-29-45)66(48-32-36-50(68-4)37-33-48)49-34-38-51(69-5)39-35-49/h28-41,43H,6-27,42H2,1-5H3/b46-43-. The normalized spacial score (nSPS) is 11.8. The van der Waals surface area contributed by atoms with Gasteiger partial charge in [-0.2, -0.15) is 5.26 Å². The first kappa shape index (κ1) is 56.2. The number of benzene rings is 3. The second-order valence-electron chi connectivity index (χ2n) is 19.8. The lowest BCUT2D eigenvalue weighted by Gasteiger charge is -2.26. The van der Waals surface area contributed by atoms with Crippen molar-refractivity contribution in [2.24, 2.45) is 0 Å². The van der Waals surface area contributed by atoms with E-state index < -0.39 is 5.97 Å². The van der Waals surface area contributed by atoms with Crippen molar-refractivity contribution in [1.29, 1.82) is 5.26 Å². The van der Waals surface area contributed by atoms with Gasteiger partial charge in [-0.25, -0.2) is 4.79 Å². The van der Waals surface area contributed by atoms with Crippen LogP contribution in [-0.4, -0.2) is 26.8 Å². The number of hydrogen-bond donors (Lipinski definition) is 0. The molecule has 0 N–H and O–H groups in total. The number of methoxy groups -OCH3 is 2. The number of carbonyl (C=O) groups excluding carboxylic acids is 1. The van der Waals surface area contributed by atoms with Crippen LogP contribution >= 0.6 is 56.7 Å². The van der Waals surface area contributed by atoms with Crippen LogP contribution in [0.1, 0.15) is 165 Å². The molecule has 0 radical (unpaired) electrons. The number of esters is 1. The number of nitrogens with zero attached hydrogens (tertiary/aromatic N) is 2. The van der Waals surface area contributed by atoms with Crippen molar-refractivity contribution in [2.75, 3.05) is 25.7 Å². The summed E-state index contributed by atoms with van der Waals surface area (Å²) >= 11 is 9.58. The zero-order valence-corrected chi connectivity index (χ0v) is 49.1. The predicted octanol–water partition coefficient (Wildman–Crippen LogP) is 21.7. The van der Waals surface area contributed by atoms with Gasteiger partial charge in [0, 0.05) is 36.6 Å². The van der Waals surface area contributed by atoms with Crippen molar-refractivity contribution in [2.45, 2.75) is 162 Å². The molecule has 0 aliphatic carbocycles. The molecular weight excluding hydrogens is 1020 g/mol. The molecule has 0 aliphatic heterocycles. The summed E-state index contributed by atoms with van der Waals surface area (Å²) in [6, 6.07) is 32.3. The molecule has 3 aromatic carbocycles. The Morgan fingerprint density at radius 3 is 1.45 bits per heavy atom. The smallest absolute Gasteiger partial charge is 0.348 e. The number of ether oxygens (including phenoxy) is 3. The van der Waals surface area contributed by atoms with E-state index in [4.69, 9.17) is 14.2 Å². The SMILES string of the molecule is CCCCCCCCCc1c(/C=C(/C#N)C(=O)OCCCCCCCC)sc2c1sc1c3sc(-c4ccc(-c5ccc(N(c6ccc(OC)cc6)c6ccc(OC)cc6)cc5)s4)c(CCCCCCCCC)c3sc21. The highest BCUT2D eigenvalue weighted by Gasteiger charge is 2.26. The number of rotatable bonds is 32. The van der Waals surface area contributed by atoms with Crippen LogP contribution in [0.2, 0.25) is 0 Å². The third kappa shape index (κ3) is 14.4. The number of hydrogen-bond acceptors (Lipinski definition) is 11. The van der Waals surface area contributed by atoms with Crippen LogP contribution in [0.25, 0.3) is 54.5 Å². The number of anilines is 3. The third-order valence-corrected chi connectivity index (χ3v) is 21.2. The fraction of sp³-hybridized carbons (Fsp3) is 0.438. The van der Waals surface area contributed by atoms with E-state index in [9.17, 15) is 10.1 Å². The molecule has 5 aromatic heterocycles. The Labute approximate surface area is 467 Å². The monoisotopic (exact) mass is 1100 g/mol. The van der Waals surface area contributed by atoms with E-state index in [2.05, 4.69) is 92.4 Å². The van der Waals surface area contributed by atoms with Crippen molar-refractivity contribution in [3.8, 4) is 37.8 Å². The highest BCUT2D eigenvalue weighted by Crippen LogP contribution is 2.55. The van der Waals surface area contributed by atoms with E-state index in [0.717, 1.165) is 72.0 Å². The van der Waals surface area contributed by atoms with E-state index in [1.165, 1.54) is 162 Å². The van der Waals surface area contributed by atoms with Gasteiger partial charge in [0.1, 0.15) is 23.1 Å². The maximum absolute atomic E-state index is 13.4. The van der Waals surface area contributed by atoms with E-state index in [1.54, 1.807) is 25.6 Å². The number of unbranched alkanes of at least 4 members (excludes halogenated alkanes) is 17. The molecule has 0 saturated carbocycles. The second kappa shape index (κ2) is 29.0. The van der Waals surface area contributed by atoms with Crippen molar-refractivity contribution in [1.82, 2.24) is 0 Å². The van der Waals surface area contributed by atoms with E-state index in [1.807, 2.05) is 75.7 Å². The van der Waals surface area contributed by atoms with Crippen LogP contribution < -0.4 is 14.4 Å². The van der Waals surface area contributed by atoms with Gasteiger partial charge in [0.2, 0.25) is 0 Å². The Morgan fingerprint density at radius 1 is 0.493 bits per heavy atom. The molecular formula is C64H76N2O4S5. The maximum Gasteiger partial charge on any atom is 0.348 e. The van der Waals surface area contributed by atoms with E-state index in [-0.39, 0.29) is 5.57 Å². The molecule has 8 rings (SSSR count). The summed E-state index contributed by atoms with van der Waals surface area (Å²) in [6.07, 6.45) is 28.2. The van der Waals surface area contributed by atoms with Gasteiger partial charge in [0.15, 0.2) is 0 Å². The predicted molar refractivity (Wildman–Crippen MR) is 328 cm³/mol. The Kier molecular flexibility index (Phi) is 21.7. The van der Waals surface area contributed by atoms with Gasteiger partial charge in [0.05, 0.1) is 49.0 Å². The fourth-order valence-electron chi connectivity index (χ4n) is 10.0. The summed E-state index contributed by atoms with van der Waals surface area (Å²) < 4.78 is 25.0. The average molecular weight is 1100 g/mol. The van der Waals surface area contributed by atoms with Crippen LogP contribution in [-0.2, 0) is 22.4 Å². The first-order chi connectivity index (χ1) is 36.9. The van der Waals surface area contributed by atoms with Crippen molar-refractivity contribution < 1.29 is 19.0 Å². The molecule has 0 bridgehead atoms. The van der Waals surface area contributed by atoms with Crippen LogP contribution in [0.4, 0.5) is 17.1 Å². The quantitative estimate of drug-likeness (QED) is 0.0181. The van der Waals surface area contributed by atoms with Gasteiger partial charge in [-0.15, -0.1) is 56.7 Å². The highest BCUT2D eigenvalue weighted by molar-refractivity contribution is 7.45. The van der Waals surface area contributed by atoms with Crippen LogP contribution in [0, 0.1) is 11.3 Å². The summed E-state index contributed by atoms with van der Waals surface area (Å²) in [5.41, 5.74) is 7.27. The Balaban J connectivity index is 1.10. The molecule has 0 saturated heterocycles. The molecule has 8 aromatic rings. The van der Waals surface area contributed by atoms with Crippen molar-refractivity contribution in [3.63, 3.8) is 0 Å². The Hall–Kier alpha value is -4.96. The molecule has 0 amide bonds. The highest BCUT2D eigenvalue weighted by atomic mass is 32.1. The molecule has 0 aliphatic rings. The largest absolute Gasteiger partial charge is 0.497 e. The first-order valence-corrected chi connectivity index (χ1v) is 32.0. The number of fused-ring (bicyclic) bond motifs is 5. The fourth-order valence-corrected chi connectivity index (χ4v) is 17.4. The van der Waals surface area contributed by atoms with Gasteiger partial charge in [0.25, 0.3) is 0 Å². The summed E-state index contributed by atoms with van der Waals surface area (Å²) in [5, 5.41) is 10.3. The average Bonchev–Trinajstić information content (AvgIpc) is 4.28. The minimum absolute atomic E-state index is 0.107. The molecule has 6 nitrogen and oxygen atoms in total. The summed E-state index contributed by atoms with van der Waals surface area (Å²) in [6.45, 7) is 7.14. The zero-order valence-electron chi connectivity index (χ0n) is 45.0. The second-order valence-corrected chi connectivity index (χ2v) is 25.0. The lowest BCUT2D eigenvalue weighted by Crippen LogP contribution is -2.09. The summed E-state index contributed by atoms with van der Waals surface area (Å²) in [4.78, 5) is 20.7. The molecule has 5 heterocycles. The Morgan fingerprint density at radius 2 is 0.933 bits per heavy atom. The molecule has 0 fully saturated rings. The van der Waals surface area contributed by atoms with Gasteiger partial charge >= 0.3 is 5.97 Å². The number of aryl methyl sites for hydroxylation is 2. The van der Waals surface area contributed by atoms with E-state index in [0.29, 0.717) is 6.61 Å². The van der Waals surface area contributed by atoms with Crippen LogP contribution in [0.5, 0.6) is 11.5 Å². The Bertz CT molecular complexity index is 3060. The van der Waals surface area contributed by atoms with Gasteiger partial charge in [-0.05, 0) is 128 Å². The summed E-state index contributed by atoms with van der Waals surface area (Å²) in [7, 11) is 3.40. The van der Waals surface area contributed by atoms with Crippen LogP contribution in [0.3, 0.4) is 0 Å². The van der Waals surface area contributed by atoms with Gasteiger partial charge in [-0.1, -0.05) is 142 Å². The number of thiophene rings is 5. The molecule has 75 heavy (non-hydrogen) atoms. The molecule has 11 heteroatoms. The number of carbonyl (C=O) groups is 1. The van der Waals surface area contributed by atoms with E-state index >= 15 is 0 Å². The van der Waals surface area contributed by atoms with Crippen LogP contribution in [0.15, 0.2) is 90.5 Å². The molecule has 0 unspecified atom stereocenters. The maximum atomic E-state index is 13.4. The van der Waals surface area contributed by atoms with Crippen molar-refractivity contribution in [3.05, 3.63) is 107 Å². The number of nitriles is 1. The van der Waals surface area contributed by atoms with Crippen molar-refractivity contribution >= 4 is 114 Å². The summed E-state index contributed by atoms with van der Waals surface area (Å²) in [5.74, 6) is 1.15. The minimum Gasteiger partial charge on any atom is -0.497 e. The molecule has 0 atom stereocenters. The molecule has 0 spiro atoms. The van der Waals surface area contributed by atoms with Gasteiger partial charge < -0.3 is 19.1 Å². The molecule has 396 valence electrons. The first-order valence-electron chi connectivity index (χ1n) is 27.9.